The second-order valence-electron chi connectivity index (χ2n) is 8.19. The minimum atomic E-state index is -3.55. The monoisotopic (exact) mass is 545 g/mol. The molecular weight excluding hydrogens is 518 g/mol. The van der Waals surface area contributed by atoms with Gasteiger partial charge in [-0.1, -0.05) is 59.9 Å². The molecule has 0 unspecified atom stereocenters. The highest BCUT2D eigenvalue weighted by Crippen LogP contribution is 2.26. The highest BCUT2D eigenvalue weighted by Gasteiger charge is 2.26. The summed E-state index contributed by atoms with van der Waals surface area (Å²) in [6.07, 6.45) is 3.53. The molecule has 0 atom stereocenters. The van der Waals surface area contributed by atoms with E-state index >= 15 is 0 Å². The summed E-state index contributed by atoms with van der Waals surface area (Å²) in [7, 11) is -3.55. The van der Waals surface area contributed by atoms with Crippen molar-refractivity contribution in [3.8, 4) is 0 Å². The smallest absolute Gasteiger partial charge is 0.257 e. The van der Waals surface area contributed by atoms with Gasteiger partial charge in [0.25, 0.3) is 5.91 Å². The Hall–Kier alpha value is -2.80. The quantitative estimate of drug-likeness (QED) is 0.296. The molecule has 2 aromatic carbocycles. The Kier molecular flexibility index (Phi) is 9.08. The van der Waals surface area contributed by atoms with Crippen molar-refractivity contribution in [2.75, 3.05) is 30.7 Å². The highest BCUT2D eigenvalue weighted by atomic mass is 32.2. The number of sulfonamides is 1. The Bertz CT molecular complexity index is 1270. The van der Waals surface area contributed by atoms with E-state index < -0.39 is 15.9 Å². The fraction of sp³-hybridized carbons (Fsp3) is 0.333. The molecule has 1 saturated heterocycles. The van der Waals surface area contributed by atoms with Gasteiger partial charge in [0.15, 0.2) is 4.34 Å². The van der Waals surface area contributed by atoms with Crippen LogP contribution in [-0.4, -0.2) is 60.1 Å². The van der Waals surface area contributed by atoms with Gasteiger partial charge in [-0.05, 0) is 49.1 Å². The Morgan fingerprint density at radius 1 is 0.972 bits per heavy atom. The van der Waals surface area contributed by atoms with E-state index in [1.807, 2.05) is 30.3 Å². The molecule has 36 heavy (non-hydrogen) atoms. The van der Waals surface area contributed by atoms with Crippen LogP contribution in [0.5, 0.6) is 0 Å². The summed E-state index contributed by atoms with van der Waals surface area (Å²) in [5.41, 5.74) is 1.48. The van der Waals surface area contributed by atoms with Gasteiger partial charge in [0.2, 0.25) is 21.1 Å². The van der Waals surface area contributed by atoms with Gasteiger partial charge < -0.3 is 5.32 Å². The number of hydrogen-bond acceptors (Lipinski definition) is 8. The summed E-state index contributed by atoms with van der Waals surface area (Å²) >= 11 is 2.42. The predicted octanol–water partition coefficient (Wildman–Crippen LogP) is 3.42. The molecule has 2 N–H and O–H groups in total. The van der Waals surface area contributed by atoms with Gasteiger partial charge >= 0.3 is 0 Å². The Morgan fingerprint density at radius 2 is 1.69 bits per heavy atom. The largest absolute Gasteiger partial charge is 0.355 e. The van der Waals surface area contributed by atoms with Crippen molar-refractivity contribution in [2.45, 2.75) is 34.9 Å². The van der Waals surface area contributed by atoms with Crippen molar-refractivity contribution in [1.82, 2.24) is 19.8 Å². The van der Waals surface area contributed by atoms with Gasteiger partial charge in [0.05, 0.1) is 10.6 Å². The molecule has 0 aliphatic carbocycles. The number of carbonyl (C=O) groups is 2. The van der Waals surface area contributed by atoms with Gasteiger partial charge in [0.1, 0.15) is 0 Å². The van der Waals surface area contributed by atoms with E-state index in [4.69, 9.17) is 0 Å². The minimum absolute atomic E-state index is 0.101. The maximum Gasteiger partial charge on any atom is 0.257 e. The van der Waals surface area contributed by atoms with Crippen LogP contribution in [0.15, 0.2) is 63.8 Å². The number of rotatable bonds is 10. The summed E-state index contributed by atoms with van der Waals surface area (Å²) < 4.78 is 27.6. The number of nitrogens with one attached hydrogen (secondary N) is 2. The van der Waals surface area contributed by atoms with Crippen LogP contribution in [0.3, 0.4) is 0 Å². The van der Waals surface area contributed by atoms with E-state index in [1.165, 1.54) is 51.7 Å². The summed E-state index contributed by atoms with van der Waals surface area (Å²) in [4.78, 5) is 24.8. The second-order valence-corrected chi connectivity index (χ2v) is 12.3. The maximum absolute atomic E-state index is 12.8. The third-order valence-electron chi connectivity index (χ3n) is 5.60. The number of piperidine rings is 1. The SMILES string of the molecule is O=C(CSc1nnc(NC(=O)c2ccc(S(=O)(=O)N3CCCCC3)cc2)s1)NCCc1ccccc1. The number of anilines is 1. The van der Waals surface area contributed by atoms with Crippen molar-refractivity contribution >= 4 is 50.1 Å². The maximum atomic E-state index is 12.8. The molecule has 1 aliphatic rings. The van der Waals surface area contributed by atoms with E-state index in [2.05, 4.69) is 20.8 Å². The molecule has 1 aromatic heterocycles. The number of amides is 2. The third-order valence-corrected chi connectivity index (χ3v) is 9.49. The highest BCUT2D eigenvalue weighted by molar-refractivity contribution is 8.01. The Balaban J connectivity index is 1.24. The lowest BCUT2D eigenvalue weighted by Gasteiger charge is -2.25. The molecule has 0 saturated carbocycles. The van der Waals surface area contributed by atoms with Crippen LogP contribution in [0, 0.1) is 0 Å². The van der Waals surface area contributed by atoms with E-state index in [9.17, 15) is 18.0 Å². The average Bonchev–Trinajstić information content (AvgIpc) is 3.36. The standard InChI is InChI=1S/C24H27N5O4S3/c30-21(25-14-13-18-7-3-1-4-8-18)17-34-24-28-27-23(35-24)26-22(31)19-9-11-20(12-10-19)36(32,33)29-15-5-2-6-16-29/h1,3-4,7-12H,2,5-6,13-17H2,(H,25,30)(H,26,27,31). The number of carbonyl (C=O) groups excluding carboxylic acids is 2. The van der Waals surface area contributed by atoms with Crippen LogP contribution in [0.4, 0.5) is 5.13 Å². The van der Waals surface area contributed by atoms with Crippen molar-refractivity contribution in [3.63, 3.8) is 0 Å². The van der Waals surface area contributed by atoms with Gasteiger partial charge in [0, 0.05) is 25.2 Å². The molecule has 4 rings (SSSR count). The number of aromatic nitrogens is 2. The van der Waals surface area contributed by atoms with Gasteiger partial charge in [-0.15, -0.1) is 10.2 Å². The first-order valence-electron chi connectivity index (χ1n) is 11.6. The predicted molar refractivity (Wildman–Crippen MR) is 141 cm³/mol. The molecule has 0 bridgehead atoms. The number of nitrogens with zero attached hydrogens (tertiary/aromatic N) is 3. The zero-order chi connectivity index (χ0) is 25.4. The van der Waals surface area contributed by atoms with Crippen LogP contribution >= 0.6 is 23.1 Å². The average molecular weight is 546 g/mol. The number of hydrogen-bond donors (Lipinski definition) is 2. The van der Waals surface area contributed by atoms with E-state index in [1.54, 1.807) is 0 Å². The third kappa shape index (κ3) is 7.12. The molecule has 190 valence electrons. The van der Waals surface area contributed by atoms with Crippen molar-refractivity contribution < 1.29 is 18.0 Å². The molecule has 9 nitrogen and oxygen atoms in total. The topological polar surface area (TPSA) is 121 Å². The van der Waals surface area contributed by atoms with Crippen LogP contribution in [0.1, 0.15) is 35.2 Å². The fourth-order valence-electron chi connectivity index (χ4n) is 3.69. The van der Waals surface area contributed by atoms with Crippen molar-refractivity contribution in [3.05, 3.63) is 65.7 Å². The molecule has 1 fully saturated rings. The first-order chi connectivity index (χ1) is 17.4. The number of thioether (sulfide) groups is 1. The minimum Gasteiger partial charge on any atom is -0.355 e. The zero-order valence-corrected chi connectivity index (χ0v) is 22.0. The zero-order valence-electron chi connectivity index (χ0n) is 19.6. The van der Waals surface area contributed by atoms with Crippen molar-refractivity contribution in [1.29, 1.82) is 0 Å². The van der Waals surface area contributed by atoms with E-state index in [-0.39, 0.29) is 16.6 Å². The van der Waals surface area contributed by atoms with Gasteiger partial charge in [-0.25, -0.2) is 8.42 Å². The molecule has 3 aromatic rings. The summed E-state index contributed by atoms with van der Waals surface area (Å²) in [6.45, 7) is 1.60. The van der Waals surface area contributed by atoms with E-state index in [0.717, 1.165) is 31.2 Å². The van der Waals surface area contributed by atoms with Gasteiger partial charge in [-0.2, -0.15) is 4.31 Å². The lowest BCUT2D eigenvalue weighted by atomic mass is 10.1. The lowest BCUT2D eigenvalue weighted by molar-refractivity contribution is -0.118. The molecule has 2 heterocycles. The first kappa shape index (κ1) is 26.3. The normalized spacial score (nSPS) is 14.3. The molecule has 2 amide bonds. The lowest BCUT2D eigenvalue weighted by Crippen LogP contribution is -2.35. The summed E-state index contributed by atoms with van der Waals surface area (Å²) in [5, 5.41) is 13.8. The molecule has 0 radical (unpaired) electrons. The Morgan fingerprint density at radius 3 is 2.42 bits per heavy atom. The second kappa shape index (κ2) is 12.4. The van der Waals surface area contributed by atoms with Crippen LogP contribution < -0.4 is 10.6 Å². The van der Waals surface area contributed by atoms with Crippen molar-refractivity contribution in [2.24, 2.45) is 0 Å². The van der Waals surface area contributed by atoms with E-state index in [0.29, 0.717) is 34.7 Å². The molecule has 12 heteroatoms. The summed E-state index contributed by atoms with van der Waals surface area (Å²) in [6, 6.07) is 15.8. The molecule has 0 spiro atoms. The van der Waals surface area contributed by atoms with Crippen LogP contribution in [0.2, 0.25) is 0 Å². The van der Waals surface area contributed by atoms with Crippen LogP contribution in [0.25, 0.3) is 0 Å². The van der Waals surface area contributed by atoms with Gasteiger partial charge in [-0.3, -0.25) is 14.9 Å². The first-order valence-corrected chi connectivity index (χ1v) is 14.8. The molecular formula is C24H27N5O4S3. The molecule has 1 aliphatic heterocycles. The Labute approximate surface area is 218 Å². The fourth-order valence-corrected chi connectivity index (χ4v) is 6.78. The van der Waals surface area contributed by atoms with Crippen LogP contribution in [-0.2, 0) is 21.2 Å². The number of benzene rings is 2. The summed E-state index contributed by atoms with van der Waals surface area (Å²) in [5.74, 6) is -0.316.